The summed E-state index contributed by atoms with van der Waals surface area (Å²) in [7, 11) is 0.0350. The zero-order valence-electron chi connectivity index (χ0n) is 10.7. The molecule has 0 saturated carbocycles. The first-order chi connectivity index (χ1) is 7.41. The molecule has 1 unspecified atom stereocenters. The molecule has 0 aromatic carbocycles. The van der Waals surface area contributed by atoms with Crippen LogP contribution in [0.2, 0.25) is 0 Å². The molecule has 1 rings (SSSR count). The minimum absolute atomic E-state index is 0.00269. The third kappa shape index (κ3) is 4.17. The lowest BCUT2D eigenvalue weighted by Crippen LogP contribution is -2.33. The lowest BCUT2D eigenvalue weighted by Gasteiger charge is -2.35. The molecule has 1 aliphatic heterocycles. The summed E-state index contributed by atoms with van der Waals surface area (Å²) < 4.78 is 27.4. The van der Waals surface area contributed by atoms with Crippen molar-refractivity contribution < 1.29 is 18.3 Å². The summed E-state index contributed by atoms with van der Waals surface area (Å²) in [6, 6.07) is 0. The average Bonchev–Trinajstić information content (AvgIpc) is 2.27. The molecular weight excluding hydrogens is 227 g/mol. The molecule has 96 valence electrons. The summed E-state index contributed by atoms with van der Waals surface area (Å²) >= 11 is 0. The normalized spacial score (nSPS) is 25.6. The molecule has 0 radical (unpaired) electrons. The highest BCUT2D eigenvalue weighted by Gasteiger charge is 2.29. The first-order valence-corrected chi connectivity index (χ1v) is 7.48. The molecule has 0 aromatic heterocycles. The summed E-state index contributed by atoms with van der Waals surface area (Å²) in [6.07, 6.45) is 3.51. The maximum absolute atomic E-state index is 11.8. The SMILES string of the molecule is COP(=O)(CCC1CCC(C)(C)OC1)OC. The first kappa shape index (κ1) is 14.2. The molecule has 0 spiro atoms. The van der Waals surface area contributed by atoms with E-state index in [9.17, 15) is 4.57 Å². The van der Waals surface area contributed by atoms with Crippen molar-refractivity contribution in [2.24, 2.45) is 5.92 Å². The van der Waals surface area contributed by atoms with Crippen LogP contribution in [0.3, 0.4) is 0 Å². The molecule has 1 fully saturated rings. The van der Waals surface area contributed by atoms with E-state index in [4.69, 9.17) is 13.8 Å². The highest BCUT2D eigenvalue weighted by Crippen LogP contribution is 2.48. The Labute approximate surface area is 98.2 Å². The van der Waals surface area contributed by atoms with Crippen molar-refractivity contribution in [1.82, 2.24) is 0 Å². The van der Waals surface area contributed by atoms with E-state index in [0.29, 0.717) is 12.1 Å². The second-order valence-corrected chi connectivity index (χ2v) is 7.36. The van der Waals surface area contributed by atoms with Gasteiger partial charge < -0.3 is 13.8 Å². The van der Waals surface area contributed by atoms with Crippen molar-refractivity contribution in [3.8, 4) is 0 Å². The van der Waals surface area contributed by atoms with Gasteiger partial charge in [-0.15, -0.1) is 0 Å². The first-order valence-electron chi connectivity index (χ1n) is 5.75. The van der Waals surface area contributed by atoms with Gasteiger partial charge in [-0.1, -0.05) is 0 Å². The maximum Gasteiger partial charge on any atom is 0.330 e. The Hall–Kier alpha value is 0.110. The van der Waals surface area contributed by atoms with Crippen molar-refractivity contribution in [3.05, 3.63) is 0 Å². The van der Waals surface area contributed by atoms with Gasteiger partial charge in [0.15, 0.2) is 0 Å². The molecule has 0 aliphatic carbocycles. The van der Waals surface area contributed by atoms with Crippen LogP contribution < -0.4 is 0 Å². The molecule has 1 heterocycles. The van der Waals surface area contributed by atoms with Crippen LogP contribution in [0.15, 0.2) is 0 Å². The van der Waals surface area contributed by atoms with Crippen LogP contribution in [0, 0.1) is 5.92 Å². The van der Waals surface area contributed by atoms with Gasteiger partial charge in [0.25, 0.3) is 0 Å². The van der Waals surface area contributed by atoms with E-state index >= 15 is 0 Å². The minimum Gasteiger partial charge on any atom is -0.375 e. The maximum atomic E-state index is 11.8. The number of hydrogen-bond donors (Lipinski definition) is 0. The summed E-state index contributed by atoms with van der Waals surface area (Å²) in [4.78, 5) is 0. The van der Waals surface area contributed by atoms with Gasteiger partial charge in [-0.3, -0.25) is 4.57 Å². The van der Waals surface area contributed by atoms with Crippen molar-refractivity contribution in [2.75, 3.05) is 27.0 Å². The average molecular weight is 250 g/mol. The van der Waals surface area contributed by atoms with Crippen LogP contribution in [0.4, 0.5) is 0 Å². The van der Waals surface area contributed by atoms with Crippen molar-refractivity contribution in [1.29, 1.82) is 0 Å². The fraction of sp³-hybridized carbons (Fsp3) is 1.00. The molecule has 16 heavy (non-hydrogen) atoms. The quantitative estimate of drug-likeness (QED) is 0.703. The Morgan fingerprint density at radius 3 is 2.44 bits per heavy atom. The molecule has 1 aliphatic rings. The van der Waals surface area contributed by atoms with E-state index in [1.807, 2.05) is 0 Å². The third-order valence-corrected chi connectivity index (χ3v) is 5.15. The van der Waals surface area contributed by atoms with Crippen LogP contribution in [0.5, 0.6) is 0 Å². The minimum atomic E-state index is -2.84. The van der Waals surface area contributed by atoms with Crippen molar-refractivity contribution in [3.63, 3.8) is 0 Å². The van der Waals surface area contributed by atoms with Gasteiger partial charge in [-0.2, -0.15) is 0 Å². The van der Waals surface area contributed by atoms with Gasteiger partial charge in [0, 0.05) is 14.2 Å². The predicted octanol–water partition coefficient (Wildman–Crippen LogP) is 3.07. The highest BCUT2D eigenvalue weighted by atomic mass is 31.2. The highest BCUT2D eigenvalue weighted by molar-refractivity contribution is 7.53. The topological polar surface area (TPSA) is 44.8 Å². The zero-order valence-corrected chi connectivity index (χ0v) is 11.6. The largest absolute Gasteiger partial charge is 0.375 e. The van der Waals surface area contributed by atoms with Crippen molar-refractivity contribution in [2.45, 2.75) is 38.7 Å². The lowest BCUT2D eigenvalue weighted by molar-refractivity contribution is -0.0769. The van der Waals surface area contributed by atoms with Crippen molar-refractivity contribution >= 4 is 7.60 Å². The molecular formula is C11H23O4P. The lowest BCUT2D eigenvalue weighted by atomic mass is 9.90. The Morgan fingerprint density at radius 1 is 1.38 bits per heavy atom. The summed E-state index contributed by atoms with van der Waals surface area (Å²) in [5, 5.41) is 0. The molecule has 0 aromatic rings. The van der Waals surface area contributed by atoms with E-state index in [1.165, 1.54) is 14.2 Å². The van der Waals surface area contributed by atoms with Crippen LogP contribution in [-0.2, 0) is 18.3 Å². The zero-order chi connectivity index (χ0) is 12.2. The molecule has 1 saturated heterocycles. The molecule has 0 bridgehead atoms. The monoisotopic (exact) mass is 250 g/mol. The van der Waals surface area contributed by atoms with Gasteiger partial charge in [-0.05, 0) is 39.0 Å². The smallest absolute Gasteiger partial charge is 0.330 e. The summed E-state index contributed by atoms with van der Waals surface area (Å²) in [6.45, 7) is 4.97. The predicted molar refractivity (Wildman–Crippen MR) is 63.9 cm³/mol. The summed E-state index contributed by atoms with van der Waals surface area (Å²) in [5.41, 5.74) is 0.00269. The van der Waals surface area contributed by atoms with E-state index in [-0.39, 0.29) is 5.60 Å². The molecule has 1 atom stereocenters. The van der Waals surface area contributed by atoms with Gasteiger partial charge in [-0.25, -0.2) is 0 Å². The third-order valence-electron chi connectivity index (χ3n) is 3.23. The molecule has 5 heteroatoms. The van der Waals surface area contributed by atoms with Gasteiger partial charge in [0.2, 0.25) is 0 Å². The Kier molecular flexibility index (Phi) is 4.99. The standard InChI is InChI=1S/C11H23O4P/c1-11(2)7-5-10(9-15-11)6-8-16(12,13-3)14-4/h10H,5-9H2,1-4H3. The molecule has 0 amide bonds. The Balaban J connectivity index is 2.32. The number of hydrogen-bond acceptors (Lipinski definition) is 4. The molecule has 0 N–H and O–H groups in total. The van der Waals surface area contributed by atoms with E-state index in [1.54, 1.807) is 0 Å². The van der Waals surface area contributed by atoms with E-state index in [2.05, 4.69) is 13.8 Å². The summed E-state index contributed by atoms with van der Waals surface area (Å²) in [5.74, 6) is 0.478. The second-order valence-electron chi connectivity index (χ2n) is 4.96. The Morgan fingerprint density at radius 2 is 2.00 bits per heavy atom. The van der Waals surface area contributed by atoms with Crippen LogP contribution in [-0.4, -0.2) is 32.6 Å². The van der Waals surface area contributed by atoms with E-state index < -0.39 is 7.60 Å². The fourth-order valence-electron chi connectivity index (χ4n) is 1.88. The number of ether oxygens (including phenoxy) is 1. The van der Waals surface area contributed by atoms with Crippen LogP contribution in [0.1, 0.15) is 33.1 Å². The van der Waals surface area contributed by atoms with Crippen LogP contribution in [0.25, 0.3) is 0 Å². The Bertz CT molecular complexity index is 247. The van der Waals surface area contributed by atoms with E-state index in [0.717, 1.165) is 25.9 Å². The fourth-order valence-corrected chi connectivity index (χ4v) is 3.07. The second kappa shape index (κ2) is 5.63. The van der Waals surface area contributed by atoms with Crippen LogP contribution >= 0.6 is 7.60 Å². The van der Waals surface area contributed by atoms with Gasteiger partial charge in [0.1, 0.15) is 0 Å². The van der Waals surface area contributed by atoms with Gasteiger partial charge >= 0.3 is 7.60 Å². The molecule has 4 nitrogen and oxygen atoms in total. The van der Waals surface area contributed by atoms with Gasteiger partial charge in [0.05, 0.1) is 18.4 Å². The number of rotatable bonds is 5.